The Morgan fingerprint density at radius 2 is 2.00 bits per heavy atom. The topological polar surface area (TPSA) is 83.0 Å². The molecule has 6 heteroatoms. The van der Waals surface area contributed by atoms with Crippen molar-refractivity contribution in [1.82, 2.24) is 10.6 Å². The Morgan fingerprint density at radius 1 is 1.44 bits per heavy atom. The van der Waals surface area contributed by atoms with E-state index in [0.717, 1.165) is 0 Å². The Bertz CT molecular complexity index is 360. The van der Waals surface area contributed by atoms with E-state index in [1.807, 2.05) is 20.9 Å². The second-order valence-corrected chi connectivity index (χ2v) is 4.52. The quantitative estimate of drug-likeness (QED) is 0.481. The van der Waals surface area contributed by atoms with E-state index in [9.17, 15) is 9.90 Å². The number of amides is 1. The van der Waals surface area contributed by atoms with Crippen LogP contribution in [0.5, 0.6) is 0 Å². The highest BCUT2D eigenvalue weighted by Crippen LogP contribution is 2.05. The molecule has 0 heterocycles. The number of carbonyl (C=O) groups excluding carboxylic acids is 1. The molecule has 0 saturated carbocycles. The minimum absolute atomic E-state index is 0.154. The molecule has 0 unspecified atom stereocenters. The molecule has 104 valence electrons. The van der Waals surface area contributed by atoms with E-state index in [1.165, 1.54) is 14.2 Å². The van der Waals surface area contributed by atoms with Gasteiger partial charge in [0, 0.05) is 19.1 Å². The van der Waals surface area contributed by atoms with Crippen LogP contribution in [0, 0.1) is 0 Å². The largest absolute Gasteiger partial charge is 0.481 e. The molecule has 0 saturated heterocycles. The third-order valence-electron chi connectivity index (χ3n) is 2.68. The summed E-state index contributed by atoms with van der Waals surface area (Å²) in [5.41, 5.74) is 0.246. The maximum absolute atomic E-state index is 11.9. The first-order chi connectivity index (χ1) is 8.29. The Hall–Kier alpha value is -1.56. The summed E-state index contributed by atoms with van der Waals surface area (Å²) >= 11 is 0. The van der Waals surface area contributed by atoms with Crippen molar-refractivity contribution in [3.63, 3.8) is 0 Å². The monoisotopic (exact) mass is 257 g/mol. The third-order valence-corrected chi connectivity index (χ3v) is 2.68. The van der Waals surface area contributed by atoms with Gasteiger partial charge in [-0.25, -0.2) is 0 Å². The van der Waals surface area contributed by atoms with Crippen molar-refractivity contribution in [3.05, 3.63) is 11.5 Å². The number of nitrogens with zero attached hydrogens (tertiary/aromatic N) is 1. The van der Waals surface area contributed by atoms with Crippen molar-refractivity contribution in [2.75, 3.05) is 27.7 Å². The number of hydrogen-bond donors (Lipinski definition) is 3. The minimum atomic E-state index is -0.345. The molecule has 3 N–H and O–H groups in total. The summed E-state index contributed by atoms with van der Waals surface area (Å²) < 4.78 is 4.67. The fourth-order valence-electron chi connectivity index (χ4n) is 1.17. The molecule has 0 spiro atoms. The average Bonchev–Trinajstić information content (AvgIpc) is 2.36. The van der Waals surface area contributed by atoms with E-state index in [0.29, 0.717) is 12.1 Å². The summed E-state index contributed by atoms with van der Waals surface area (Å²) in [6, 6.07) is 0. The van der Waals surface area contributed by atoms with E-state index in [2.05, 4.69) is 20.4 Å². The lowest BCUT2D eigenvalue weighted by molar-refractivity contribution is -0.115. The molecule has 1 amide bonds. The van der Waals surface area contributed by atoms with Crippen LogP contribution in [-0.4, -0.2) is 50.0 Å². The zero-order valence-electron chi connectivity index (χ0n) is 11.9. The number of aliphatic hydroxyl groups is 1. The number of carbonyl (C=O) groups is 1. The van der Waals surface area contributed by atoms with E-state index in [1.54, 1.807) is 6.92 Å². The highest BCUT2D eigenvalue weighted by atomic mass is 16.6. The Balaban J connectivity index is 4.78. The maximum atomic E-state index is 11.9. The maximum Gasteiger partial charge on any atom is 0.281 e. The first-order valence-corrected chi connectivity index (χ1v) is 5.67. The molecule has 0 aliphatic heterocycles. The number of hydrogen-bond acceptors (Lipinski definition) is 5. The summed E-state index contributed by atoms with van der Waals surface area (Å²) in [7, 11) is 4.64. The van der Waals surface area contributed by atoms with Crippen LogP contribution in [0.15, 0.2) is 16.5 Å². The van der Waals surface area contributed by atoms with Gasteiger partial charge >= 0.3 is 0 Å². The number of nitrogens with one attached hydrogen (secondary N) is 2. The van der Waals surface area contributed by atoms with Crippen LogP contribution >= 0.6 is 0 Å². The molecule has 0 aromatic rings. The van der Waals surface area contributed by atoms with Gasteiger partial charge < -0.3 is 20.5 Å². The van der Waals surface area contributed by atoms with Crippen molar-refractivity contribution in [2.24, 2.45) is 4.99 Å². The van der Waals surface area contributed by atoms with Gasteiger partial charge in [0.2, 0.25) is 0 Å². The van der Waals surface area contributed by atoms with E-state index in [-0.39, 0.29) is 23.1 Å². The molecular weight excluding hydrogens is 234 g/mol. The predicted octanol–water partition coefficient (Wildman–Crippen LogP) is 0.607. The summed E-state index contributed by atoms with van der Waals surface area (Å²) in [5.74, 6) is -0.652. The molecule has 0 aromatic heterocycles. The number of aliphatic imine (C=N–C) groups is 1. The predicted molar refractivity (Wildman–Crippen MR) is 71.8 cm³/mol. The molecule has 0 aliphatic carbocycles. The van der Waals surface area contributed by atoms with E-state index < -0.39 is 0 Å². The van der Waals surface area contributed by atoms with Gasteiger partial charge in [-0.3, -0.25) is 9.79 Å². The normalized spacial score (nSPS) is 14.0. The molecule has 6 nitrogen and oxygen atoms in total. The molecule has 0 atom stereocenters. The fraction of sp³-hybridized carbons (Fsp3) is 0.667. The van der Waals surface area contributed by atoms with Gasteiger partial charge in [0.1, 0.15) is 5.71 Å². The summed E-state index contributed by atoms with van der Waals surface area (Å²) in [5, 5.41) is 15.3. The average molecular weight is 257 g/mol. The molecule has 0 radical (unpaired) electrons. The Kier molecular flexibility index (Phi) is 6.40. The van der Waals surface area contributed by atoms with Gasteiger partial charge in [-0.1, -0.05) is 0 Å². The van der Waals surface area contributed by atoms with E-state index in [4.69, 9.17) is 0 Å². The first-order valence-electron chi connectivity index (χ1n) is 5.67. The zero-order chi connectivity index (χ0) is 14.3. The van der Waals surface area contributed by atoms with Crippen molar-refractivity contribution in [1.29, 1.82) is 0 Å². The number of ether oxygens (including phenoxy) is 1. The summed E-state index contributed by atoms with van der Waals surface area (Å²) in [6.07, 6.45) is 0. The lowest BCUT2D eigenvalue weighted by atomic mass is 10.1. The molecule has 0 aliphatic rings. The number of aliphatic hydroxyl groups excluding tert-OH is 1. The van der Waals surface area contributed by atoms with Crippen LogP contribution in [0.1, 0.15) is 20.8 Å². The molecular formula is C12H23N3O3. The van der Waals surface area contributed by atoms with Crippen molar-refractivity contribution in [2.45, 2.75) is 26.3 Å². The zero-order valence-corrected chi connectivity index (χ0v) is 11.9. The number of rotatable bonds is 6. The summed E-state index contributed by atoms with van der Waals surface area (Å²) in [6.45, 7) is 5.95. The highest BCUT2D eigenvalue weighted by molar-refractivity contribution is 6.45. The highest BCUT2D eigenvalue weighted by Gasteiger charge is 2.20. The van der Waals surface area contributed by atoms with Crippen molar-refractivity contribution in [3.8, 4) is 0 Å². The SMILES string of the molecule is C/N=C(C(=O)NCC(C)(C)NC)\C(C)=C(/O)OC. The van der Waals surface area contributed by atoms with Gasteiger partial charge in [0.15, 0.2) is 0 Å². The van der Waals surface area contributed by atoms with Crippen LogP contribution < -0.4 is 10.6 Å². The Labute approximate surface area is 108 Å². The second kappa shape index (κ2) is 7.00. The van der Waals surface area contributed by atoms with Crippen molar-refractivity contribution < 1.29 is 14.6 Å². The molecule has 0 bridgehead atoms. The van der Waals surface area contributed by atoms with Crippen molar-refractivity contribution >= 4 is 11.6 Å². The smallest absolute Gasteiger partial charge is 0.281 e. The van der Waals surface area contributed by atoms with Gasteiger partial charge in [-0.15, -0.1) is 0 Å². The molecule has 0 rings (SSSR count). The minimum Gasteiger partial charge on any atom is -0.481 e. The van der Waals surface area contributed by atoms with Crippen LogP contribution in [0.3, 0.4) is 0 Å². The molecule has 0 aromatic carbocycles. The van der Waals surface area contributed by atoms with Gasteiger partial charge in [-0.2, -0.15) is 0 Å². The van der Waals surface area contributed by atoms with E-state index >= 15 is 0 Å². The summed E-state index contributed by atoms with van der Waals surface area (Å²) in [4.78, 5) is 15.8. The fourth-order valence-corrected chi connectivity index (χ4v) is 1.17. The number of likely N-dealkylation sites (N-methyl/N-ethyl adjacent to an activating group) is 1. The second-order valence-electron chi connectivity index (χ2n) is 4.52. The van der Waals surface area contributed by atoms with Crippen LogP contribution in [0.2, 0.25) is 0 Å². The number of methoxy groups -OCH3 is 1. The first kappa shape index (κ1) is 16.4. The van der Waals surface area contributed by atoms with Gasteiger partial charge in [0.05, 0.1) is 12.7 Å². The molecule has 18 heavy (non-hydrogen) atoms. The van der Waals surface area contributed by atoms with Crippen LogP contribution in [0.4, 0.5) is 0 Å². The third kappa shape index (κ3) is 4.75. The standard InChI is InChI=1S/C12H23N3O3/c1-8(11(17)18-6)9(13-4)10(16)15-7-12(2,3)14-5/h14,17H,7H2,1-6H3,(H,15,16)/b11-8+,13-9+. The van der Waals surface area contributed by atoms with Crippen LogP contribution in [0.25, 0.3) is 0 Å². The van der Waals surface area contributed by atoms with Crippen LogP contribution in [-0.2, 0) is 9.53 Å². The van der Waals surface area contributed by atoms with Gasteiger partial charge in [0.25, 0.3) is 11.9 Å². The molecule has 0 fully saturated rings. The Morgan fingerprint density at radius 3 is 2.39 bits per heavy atom. The lowest BCUT2D eigenvalue weighted by Crippen LogP contribution is -2.48. The lowest BCUT2D eigenvalue weighted by Gasteiger charge is -2.24. The van der Waals surface area contributed by atoms with Gasteiger partial charge in [-0.05, 0) is 27.8 Å².